The maximum atomic E-state index is 9.06. The minimum absolute atomic E-state index is 0.186. The molecule has 0 aliphatic rings. The molecule has 0 aliphatic carbocycles. The van der Waals surface area contributed by atoms with Gasteiger partial charge in [-0.25, -0.2) is 0 Å². The van der Waals surface area contributed by atoms with Gasteiger partial charge in [-0.1, -0.05) is 15.9 Å². The predicted molar refractivity (Wildman–Crippen MR) is 74.2 cm³/mol. The molecule has 1 aromatic carbocycles. The van der Waals surface area contributed by atoms with Crippen molar-refractivity contribution in [1.82, 2.24) is 9.78 Å². The molecule has 92 valence electrons. The van der Waals surface area contributed by atoms with Crippen molar-refractivity contribution in [3.05, 3.63) is 46.7 Å². The fourth-order valence-corrected chi connectivity index (χ4v) is 2.09. The lowest BCUT2D eigenvalue weighted by atomic mass is 10.2. The highest BCUT2D eigenvalue weighted by Crippen LogP contribution is 2.21. The predicted octanol–water partition coefficient (Wildman–Crippen LogP) is 3.02. The first-order valence-electron chi connectivity index (χ1n) is 5.62. The summed E-state index contributed by atoms with van der Waals surface area (Å²) in [6.07, 6.45) is 3.68. The van der Waals surface area contributed by atoms with Crippen molar-refractivity contribution >= 4 is 21.6 Å². The SMILES string of the molecule is CC(Cn1cccn1)Nc1cc(Br)ccc1C#N. The van der Waals surface area contributed by atoms with E-state index in [1.165, 1.54) is 0 Å². The molecule has 0 saturated heterocycles. The van der Waals surface area contributed by atoms with Crippen molar-refractivity contribution < 1.29 is 0 Å². The van der Waals surface area contributed by atoms with Gasteiger partial charge in [0, 0.05) is 22.9 Å². The molecule has 1 heterocycles. The van der Waals surface area contributed by atoms with Gasteiger partial charge in [0.1, 0.15) is 6.07 Å². The van der Waals surface area contributed by atoms with Gasteiger partial charge < -0.3 is 5.32 Å². The van der Waals surface area contributed by atoms with Gasteiger partial charge in [0.25, 0.3) is 0 Å². The van der Waals surface area contributed by atoms with Gasteiger partial charge in [0.05, 0.1) is 17.8 Å². The van der Waals surface area contributed by atoms with Gasteiger partial charge >= 0.3 is 0 Å². The number of nitrogens with one attached hydrogen (secondary N) is 1. The Bertz CT molecular complexity index is 557. The minimum atomic E-state index is 0.186. The first-order valence-corrected chi connectivity index (χ1v) is 6.42. The van der Waals surface area contributed by atoms with Crippen LogP contribution in [0.2, 0.25) is 0 Å². The zero-order valence-electron chi connectivity index (χ0n) is 9.97. The highest BCUT2D eigenvalue weighted by atomic mass is 79.9. The van der Waals surface area contributed by atoms with Crippen LogP contribution in [0.25, 0.3) is 0 Å². The number of hydrogen-bond donors (Lipinski definition) is 1. The van der Waals surface area contributed by atoms with Gasteiger partial charge in [0.2, 0.25) is 0 Å². The van der Waals surface area contributed by atoms with E-state index in [1.807, 2.05) is 29.1 Å². The van der Waals surface area contributed by atoms with E-state index < -0.39 is 0 Å². The molecule has 0 amide bonds. The summed E-state index contributed by atoms with van der Waals surface area (Å²) < 4.78 is 2.82. The van der Waals surface area contributed by atoms with Crippen molar-refractivity contribution in [2.24, 2.45) is 0 Å². The molecule has 2 rings (SSSR count). The van der Waals surface area contributed by atoms with Crippen LogP contribution in [0.4, 0.5) is 5.69 Å². The molecule has 0 radical (unpaired) electrons. The van der Waals surface area contributed by atoms with E-state index in [9.17, 15) is 0 Å². The zero-order chi connectivity index (χ0) is 13.0. The highest BCUT2D eigenvalue weighted by Gasteiger charge is 2.07. The molecule has 0 spiro atoms. The van der Waals surface area contributed by atoms with E-state index in [1.54, 1.807) is 12.3 Å². The lowest BCUT2D eigenvalue weighted by Gasteiger charge is -2.16. The van der Waals surface area contributed by atoms with Crippen LogP contribution in [-0.4, -0.2) is 15.8 Å². The number of anilines is 1. The Balaban J connectivity index is 2.09. The first-order chi connectivity index (χ1) is 8.69. The molecule has 2 aromatic rings. The summed E-state index contributed by atoms with van der Waals surface area (Å²) in [5.74, 6) is 0. The van der Waals surface area contributed by atoms with Gasteiger partial charge in [-0.05, 0) is 31.2 Å². The number of nitriles is 1. The number of hydrogen-bond acceptors (Lipinski definition) is 3. The normalized spacial score (nSPS) is 11.8. The average molecular weight is 305 g/mol. The standard InChI is InChI=1S/C13H13BrN4/c1-10(9-18-6-2-5-16-18)17-13-7-12(14)4-3-11(13)8-15/h2-7,10,17H,9H2,1H3. The van der Waals surface area contributed by atoms with Crippen LogP contribution in [0.1, 0.15) is 12.5 Å². The second-order valence-corrected chi connectivity index (χ2v) is 4.99. The summed E-state index contributed by atoms with van der Waals surface area (Å²) in [5.41, 5.74) is 1.48. The zero-order valence-corrected chi connectivity index (χ0v) is 11.6. The van der Waals surface area contributed by atoms with E-state index in [0.717, 1.165) is 16.7 Å². The summed E-state index contributed by atoms with van der Waals surface area (Å²) in [7, 11) is 0. The van der Waals surface area contributed by atoms with Crippen LogP contribution in [0.3, 0.4) is 0 Å². The molecule has 18 heavy (non-hydrogen) atoms. The third kappa shape index (κ3) is 3.11. The van der Waals surface area contributed by atoms with Gasteiger partial charge in [-0.3, -0.25) is 4.68 Å². The van der Waals surface area contributed by atoms with Crippen molar-refractivity contribution in [3.8, 4) is 6.07 Å². The number of nitrogens with zero attached hydrogens (tertiary/aromatic N) is 3. The second-order valence-electron chi connectivity index (χ2n) is 4.08. The molecular formula is C13H13BrN4. The van der Waals surface area contributed by atoms with E-state index in [-0.39, 0.29) is 6.04 Å². The molecule has 0 bridgehead atoms. The fraction of sp³-hybridized carbons (Fsp3) is 0.231. The van der Waals surface area contributed by atoms with Gasteiger partial charge in [-0.15, -0.1) is 0 Å². The van der Waals surface area contributed by atoms with E-state index in [4.69, 9.17) is 5.26 Å². The Morgan fingerprint density at radius 3 is 3.06 bits per heavy atom. The van der Waals surface area contributed by atoms with Gasteiger partial charge in [0.15, 0.2) is 0 Å². The summed E-state index contributed by atoms with van der Waals surface area (Å²) >= 11 is 3.41. The minimum Gasteiger partial charge on any atom is -0.380 e. The second kappa shape index (κ2) is 5.69. The highest BCUT2D eigenvalue weighted by molar-refractivity contribution is 9.10. The van der Waals surface area contributed by atoms with E-state index in [0.29, 0.717) is 5.56 Å². The number of halogens is 1. The fourth-order valence-electron chi connectivity index (χ4n) is 1.73. The molecule has 4 nitrogen and oxygen atoms in total. The van der Waals surface area contributed by atoms with Crippen LogP contribution >= 0.6 is 15.9 Å². The van der Waals surface area contributed by atoms with Crippen molar-refractivity contribution in [1.29, 1.82) is 5.26 Å². The molecule has 0 saturated carbocycles. The molecule has 1 unspecified atom stereocenters. The summed E-state index contributed by atoms with van der Waals surface area (Å²) in [5, 5.41) is 16.5. The third-order valence-electron chi connectivity index (χ3n) is 2.52. The van der Waals surface area contributed by atoms with Crippen LogP contribution in [0.5, 0.6) is 0 Å². The third-order valence-corrected chi connectivity index (χ3v) is 3.02. The molecule has 5 heteroatoms. The smallest absolute Gasteiger partial charge is 0.101 e. The van der Waals surface area contributed by atoms with Crippen LogP contribution in [0.15, 0.2) is 41.1 Å². The molecule has 1 N–H and O–H groups in total. The molecule has 0 aliphatic heterocycles. The van der Waals surface area contributed by atoms with Crippen molar-refractivity contribution in [2.45, 2.75) is 19.5 Å². The Labute approximate surface area is 114 Å². The summed E-state index contributed by atoms with van der Waals surface area (Å²) in [6, 6.07) is 9.84. The van der Waals surface area contributed by atoms with Crippen LogP contribution < -0.4 is 5.32 Å². The molecule has 0 fully saturated rings. The summed E-state index contributed by atoms with van der Waals surface area (Å²) in [4.78, 5) is 0. The van der Waals surface area contributed by atoms with E-state index in [2.05, 4.69) is 39.3 Å². The molecule has 1 aromatic heterocycles. The molecule has 1 atom stereocenters. The maximum Gasteiger partial charge on any atom is 0.101 e. The van der Waals surface area contributed by atoms with Crippen LogP contribution in [0, 0.1) is 11.3 Å². The lowest BCUT2D eigenvalue weighted by molar-refractivity contribution is 0.561. The topological polar surface area (TPSA) is 53.6 Å². The Kier molecular flexibility index (Phi) is 4.00. The Morgan fingerprint density at radius 2 is 2.39 bits per heavy atom. The Morgan fingerprint density at radius 1 is 1.56 bits per heavy atom. The lowest BCUT2D eigenvalue weighted by Crippen LogP contribution is -2.22. The van der Waals surface area contributed by atoms with Crippen LogP contribution in [-0.2, 0) is 6.54 Å². The molecular weight excluding hydrogens is 292 g/mol. The van der Waals surface area contributed by atoms with E-state index >= 15 is 0 Å². The summed E-state index contributed by atoms with van der Waals surface area (Å²) in [6.45, 7) is 2.81. The monoisotopic (exact) mass is 304 g/mol. The quantitative estimate of drug-likeness (QED) is 0.944. The first kappa shape index (κ1) is 12.7. The Hall–Kier alpha value is -1.80. The number of benzene rings is 1. The van der Waals surface area contributed by atoms with Crippen molar-refractivity contribution in [3.63, 3.8) is 0 Å². The number of rotatable bonds is 4. The van der Waals surface area contributed by atoms with Gasteiger partial charge in [-0.2, -0.15) is 10.4 Å². The number of aromatic nitrogens is 2. The maximum absolute atomic E-state index is 9.06. The largest absolute Gasteiger partial charge is 0.380 e. The van der Waals surface area contributed by atoms with Crippen molar-refractivity contribution in [2.75, 3.05) is 5.32 Å². The average Bonchev–Trinajstić information content (AvgIpc) is 2.82.